The summed E-state index contributed by atoms with van der Waals surface area (Å²) < 4.78 is 126. The van der Waals surface area contributed by atoms with Gasteiger partial charge in [0.05, 0.1) is 35.9 Å². The molecule has 0 bridgehead atoms. The van der Waals surface area contributed by atoms with Crippen LogP contribution in [0.5, 0.6) is 0 Å². The van der Waals surface area contributed by atoms with Crippen LogP contribution in [0.15, 0.2) is 139 Å². The Bertz CT molecular complexity index is 2890. The van der Waals surface area contributed by atoms with E-state index < -0.39 is 84.6 Å². The lowest BCUT2D eigenvalue weighted by Gasteiger charge is -2.16. The average Bonchev–Trinajstić information content (AvgIpc) is 3.73. The Hall–Kier alpha value is -5.08. The molecule has 2 nitrogen and oxygen atoms in total. The molecule has 8 aromatic rings. The summed E-state index contributed by atoms with van der Waals surface area (Å²) in [4.78, 5) is 2.82. The molecular formula is C36H24N2. The number of aromatic nitrogens is 2. The summed E-state index contributed by atoms with van der Waals surface area (Å²) >= 11 is 0. The number of fused-ring (bicyclic) bond motifs is 6. The van der Waals surface area contributed by atoms with Crippen LogP contribution in [0, 0.1) is 0 Å². The van der Waals surface area contributed by atoms with E-state index in [0.717, 1.165) is 5.56 Å². The Morgan fingerprint density at radius 1 is 0.526 bits per heavy atom. The van der Waals surface area contributed by atoms with Gasteiger partial charge in [0.25, 0.3) is 0 Å². The number of nitrogens with zero attached hydrogens (tertiary/aromatic N) is 1. The van der Waals surface area contributed by atoms with Crippen molar-refractivity contribution in [2.75, 3.05) is 0 Å². The molecule has 0 unspecified atom stereocenters. The lowest BCUT2D eigenvalue weighted by Crippen LogP contribution is -1.98. The molecule has 0 aliphatic heterocycles. The number of nitrogens with one attached hydrogen (secondary N) is 1. The topological polar surface area (TPSA) is 20.7 Å². The molecule has 8 rings (SSSR count). The van der Waals surface area contributed by atoms with Gasteiger partial charge < -0.3 is 9.55 Å². The molecule has 38 heavy (non-hydrogen) atoms. The van der Waals surface area contributed by atoms with E-state index in [4.69, 9.17) is 15.1 Å². The summed E-state index contributed by atoms with van der Waals surface area (Å²) in [5, 5.41) is -0.424. The van der Waals surface area contributed by atoms with Crippen molar-refractivity contribution >= 4 is 43.6 Å². The molecule has 0 saturated heterocycles. The van der Waals surface area contributed by atoms with Crippen LogP contribution in [0.25, 0.3) is 71.6 Å². The quantitative estimate of drug-likeness (QED) is 0.250. The first-order valence-electron chi connectivity index (χ1n) is 18.9. The summed E-state index contributed by atoms with van der Waals surface area (Å²) in [6.07, 6.45) is 0. The van der Waals surface area contributed by atoms with E-state index in [-0.39, 0.29) is 54.7 Å². The number of hydrogen-bond donors (Lipinski definition) is 1. The van der Waals surface area contributed by atoms with Gasteiger partial charge in [-0.15, -0.1) is 0 Å². The fraction of sp³-hybridized carbons (Fsp3) is 0. The lowest BCUT2D eigenvalue weighted by molar-refractivity contribution is 1.18. The van der Waals surface area contributed by atoms with Crippen LogP contribution in [0.2, 0.25) is 0 Å². The zero-order valence-electron chi connectivity index (χ0n) is 33.6. The molecule has 2 heteroatoms. The minimum absolute atomic E-state index is 0.0566. The van der Waals surface area contributed by atoms with Gasteiger partial charge in [-0.3, -0.25) is 0 Å². The Kier molecular flexibility index (Phi) is 2.50. The average molecular weight is 499 g/mol. The summed E-state index contributed by atoms with van der Waals surface area (Å²) in [6, 6.07) is 8.77. The summed E-state index contributed by atoms with van der Waals surface area (Å²) in [7, 11) is 0. The van der Waals surface area contributed by atoms with E-state index in [1.54, 1.807) is 24.3 Å². The molecule has 0 atom stereocenters. The lowest BCUT2D eigenvalue weighted by atomic mass is 9.99. The molecule has 0 aliphatic rings. The largest absolute Gasteiger partial charge is 0.355 e. The van der Waals surface area contributed by atoms with Crippen LogP contribution < -0.4 is 0 Å². The number of H-pyrrole nitrogens is 1. The van der Waals surface area contributed by atoms with Crippen LogP contribution >= 0.6 is 0 Å². The van der Waals surface area contributed by atoms with E-state index in [2.05, 4.69) is 4.98 Å². The van der Waals surface area contributed by atoms with Gasteiger partial charge in [-0.25, -0.2) is 0 Å². The number of benzene rings is 6. The molecule has 0 aliphatic carbocycles. The first kappa shape index (κ1) is 11.5. The number of rotatable bonds is 3. The number of aromatic amines is 1. The maximum Gasteiger partial charge on any atom is 0.0645 e. The second-order valence-electron chi connectivity index (χ2n) is 8.79. The minimum atomic E-state index is -0.642. The van der Waals surface area contributed by atoms with Gasteiger partial charge in [-0.2, -0.15) is 0 Å². The van der Waals surface area contributed by atoms with Gasteiger partial charge in [0, 0.05) is 43.7 Å². The zero-order valence-corrected chi connectivity index (χ0v) is 19.6. The molecule has 2 aromatic heterocycles. The van der Waals surface area contributed by atoms with E-state index in [1.165, 1.54) is 4.57 Å². The Labute approximate surface area is 240 Å². The highest BCUT2D eigenvalue weighted by Gasteiger charge is 2.19. The van der Waals surface area contributed by atoms with Crippen molar-refractivity contribution in [1.29, 1.82) is 0 Å². The zero-order chi connectivity index (χ0) is 37.2. The van der Waals surface area contributed by atoms with Crippen molar-refractivity contribution in [2.45, 2.75) is 0 Å². The van der Waals surface area contributed by atoms with Crippen molar-refractivity contribution in [3.05, 3.63) is 139 Å². The Balaban J connectivity index is 1.68. The van der Waals surface area contributed by atoms with E-state index in [0.29, 0.717) is 11.3 Å². The van der Waals surface area contributed by atoms with Gasteiger partial charge in [0.2, 0.25) is 0 Å². The first-order chi connectivity index (χ1) is 24.7. The molecule has 1 N–H and O–H groups in total. The highest BCUT2D eigenvalue weighted by atomic mass is 15.0. The fourth-order valence-corrected chi connectivity index (χ4v) is 5.05. The van der Waals surface area contributed by atoms with Crippen molar-refractivity contribution in [1.82, 2.24) is 9.55 Å². The molecule has 178 valence electrons. The fourth-order valence-electron chi connectivity index (χ4n) is 5.05. The maximum atomic E-state index is 9.53. The summed E-state index contributed by atoms with van der Waals surface area (Å²) in [5.41, 5.74) is 0.828. The molecule has 0 amide bonds. The van der Waals surface area contributed by atoms with Crippen LogP contribution in [-0.4, -0.2) is 9.55 Å². The normalized spacial score (nSPS) is 16.8. The summed E-state index contributed by atoms with van der Waals surface area (Å²) in [6.45, 7) is 0. The van der Waals surface area contributed by atoms with E-state index in [1.807, 2.05) is 30.3 Å². The molecule has 2 heterocycles. The van der Waals surface area contributed by atoms with Crippen LogP contribution in [0.4, 0.5) is 0 Å². The molecule has 0 spiro atoms. The van der Waals surface area contributed by atoms with Crippen molar-refractivity contribution in [2.24, 2.45) is 0 Å². The van der Waals surface area contributed by atoms with Gasteiger partial charge in [-0.05, 0) is 41.4 Å². The number of hydrogen-bond acceptors (Lipinski definition) is 0. The molecular weight excluding hydrogens is 460 g/mol. The summed E-state index contributed by atoms with van der Waals surface area (Å²) in [5.74, 6) is 0. The third-order valence-electron chi connectivity index (χ3n) is 6.69. The second-order valence-corrected chi connectivity index (χ2v) is 8.79. The van der Waals surface area contributed by atoms with Gasteiger partial charge in [0.15, 0.2) is 0 Å². The van der Waals surface area contributed by atoms with Crippen molar-refractivity contribution in [3.63, 3.8) is 0 Å². The van der Waals surface area contributed by atoms with Crippen LogP contribution in [0.1, 0.15) is 19.2 Å². The third-order valence-corrected chi connectivity index (χ3v) is 6.69. The molecule has 0 saturated carbocycles. The molecule has 0 fully saturated rings. The Morgan fingerprint density at radius 3 is 2.18 bits per heavy atom. The SMILES string of the molecule is [2H]c1c([2H])c([2H])c2c([nH]c3c([2H])c([2H])c(-c4c([2H])c([2H])c([2H])c5c6c([2H])c([2H])c([2H])c([2H])c6n(-c6ccccc6-c6ccccc6)c45)c([2H])c32)c1[2H]. The standard InChI is InChI=1S/C36H24N2/c1-2-11-24(12-3-1)26-13-5-8-19-34(26)38-35-20-9-6-15-29(35)30-17-10-16-27(36(30)38)25-21-22-33-31(23-25)28-14-4-7-18-32(28)37-33/h1-23,37H/i4D,6D,7D,9D,10D,14D,15D,16D,17D,18D,20D,21D,22D,23D. The van der Waals surface area contributed by atoms with E-state index >= 15 is 0 Å². The van der Waals surface area contributed by atoms with Crippen LogP contribution in [-0.2, 0) is 0 Å². The second kappa shape index (κ2) is 8.22. The molecule has 6 aromatic carbocycles. The smallest absolute Gasteiger partial charge is 0.0645 e. The Morgan fingerprint density at radius 2 is 1.26 bits per heavy atom. The van der Waals surface area contributed by atoms with Gasteiger partial charge >= 0.3 is 0 Å². The van der Waals surface area contributed by atoms with Crippen molar-refractivity contribution in [3.8, 4) is 27.9 Å². The van der Waals surface area contributed by atoms with E-state index in [9.17, 15) is 4.11 Å². The predicted molar refractivity (Wildman–Crippen MR) is 161 cm³/mol. The molecule has 0 radical (unpaired) electrons. The van der Waals surface area contributed by atoms with Crippen LogP contribution in [0.3, 0.4) is 0 Å². The highest BCUT2D eigenvalue weighted by Crippen LogP contribution is 2.41. The third kappa shape index (κ3) is 3.07. The monoisotopic (exact) mass is 498 g/mol. The predicted octanol–water partition coefficient (Wildman–Crippen LogP) is 9.75. The number of para-hydroxylation sites is 4. The van der Waals surface area contributed by atoms with Gasteiger partial charge in [-0.1, -0.05) is 109 Å². The minimum Gasteiger partial charge on any atom is -0.355 e. The maximum absolute atomic E-state index is 9.53. The highest BCUT2D eigenvalue weighted by molar-refractivity contribution is 6.15. The van der Waals surface area contributed by atoms with Gasteiger partial charge in [0.1, 0.15) is 0 Å². The first-order valence-corrected chi connectivity index (χ1v) is 11.9. The van der Waals surface area contributed by atoms with Crippen molar-refractivity contribution < 1.29 is 19.2 Å².